The van der Waals surface area contributed by atoms with E-state index in [1.807, 2.05) is 22.6 Å². The molecule has 0 saturated carbocycles. The lowest BCUT2D eigenvalue weighted by molar-refractivity contribution is 0.964. The predicted octanol–water partition coefficient (Wildman–Crippen LogP) is 0.384. The zero-order valence-corrected chi connectivity index (χ0v) is 5.79. The molecule has 7 heavy (non-hydrogen) atoms. The summed E-state index contributed by atoms with van der Waals surface area (Å²) in [6, 6.07) is 0. The van der Waals surface area contributed by atoms with Crippen LogP contribution in [-0.2, 0) is 0 Å². The third kappa shape index (κ3) is 5.90. The van der Waals surface area contributed by atoms with Gasteiger partial charge in [0.2, 0.25) is 0 Å². The molecule has 0 aliphatic rings. The van der Waals surface area contributed by atoms with Crippen molar-refractivity contribution in [3.8, 4) is 0 Å². The van der Waals surface area contributed by atoms with E-state index in [1.165, 1.54) is 6.20 Å². The first kappa shape index (κ1) is 6.90. The van der Waals surface area contributed by atoms with Gasteiger partial charge in [-0.05, 0) is 22.6 Å². The maximum atomic E-state index is 4.86. The minimum atomic E-state index is 1.54. The molecule has 3 nitrogen and oxygen atoms in total. The fraction of sp³-hybridized carbons (Fsp3) is 0. The van der Waals surface area contributed by atoms with Crippen LogP contribution in [0.4, 0.5) is 0 Å². The lowest BCUT2D eigenvalue weighted by atomic mass is 10.9. The molecule has 0 radical (unpaired) electrons. The van der Waals surface area contributed by atoms with Gasteiger partial charge in [-0.2, -0.15) is 0 Å². The van der Waals surface area contributed by atoms with Crippen molar-refractivity contribution in [1.29, 1.82) is 0 Å². The third-order valence-electron chi connectivity index (χ3n) is 0.313. The van der Waals surface area contributed by atoms with E-state index in [1.54, 1.807) is 10.4 Å². The number of hydrogen-bond acceptors (Lipinski definition) is 3. The summed E-state index contributed by atoms with van der Waals surface area (Å²) in [6.07, 6.45) is 3.10. The highest BCUT2D eigenvalue weighted by molar-refractivity contribution is 14.1. The van der Waals surface area contributed by atoms with Crippen molar-refractivity contribution in [1.82, 2.24) is 5.43 Å². The third-order valence-corrected chi connectivity index (χ3v) is 0.635. The van der Waals surface area contributed by atoms with Crippen LogP contribution in [0.3, 0.4) is 0 Å². The van der Waals surface area contributed by atoms with Gasteiger partial charge in [0.1, 0.15) is 0 Å². The van der Waals surface area contributed by atoms with Gasteiger partial charge in [-0.1, -0.05) is 0 Å². The Labute approximate surface area is 55.8 Å². The first-order valence-corrected chi connectivity index (χ1v) is 2.89. The quantitative estimate of drug-likeness (QED) is 0.300. The summed E-state index contributed by atoms with van der Waals surface area (Å²) in [6.45, 7) is 0. The monoisotopic (exact) mass is 211 g/mol. The normalized spacial score (nSPS) is 11.1. The Hall–Kier alpha value is -0.100. The van der Waals surface area contributed by atoms with E-state index in [0.29, 0.717) is 0 Å². The van der Waals surface area contributed by atoms with Crippen LogP contribution in [0.1, 0.15) is 0 Å². The van der Waals surface area contributed by atoms with Crippen LogP contribution in [0.25, 0.3) is 0 Å². The van der Waals surface area contributed by atoms with E-state index < -0.39 is 0 Å². The Morgan fingerprint density at radius 2 is 2.43 bits per heavy atom. The summed E-state index contributed by atoms with van der Waals surface area (Å²) in [5.74, 6) is 4.86. The number of hydrogen-bond donors (Lipinski definition) is 2. The van der Waals surface area contributed by atoms with Crippen LogP contribution < -0.4 is 11.3 Å². The fourth-order valence-electron chi connectivity index (χ4n) is 0.119. The molecule has 0 rings (SSSR count). The van der Waals surface area contributed by atoms with Gasteiger partial charge in [0.25, 0.3) is 0 Å². The van der Waals surface area contributed by atoms with Crippen LogP contribution in [0.5, 0.6) is 0 Å². The Morgan fingerprint density at radius 1 is 1.71 bits per heavy atom. The Kier molecular flexibility index (Phi) is 5.82. The van der Waals surface area contributed by atoms with Crippen molar-refractivity contribution in [2.45, 2.75) is 0 Å². The molecule has 0 saturated heterocycles. The van der Waals surface area contributed by atoms with E-state index in [2.05, 4.69) is 10.4 Å². The van der Waals surface area contributed by atoms with Gasteiger partial charge in [0.05, 0.1) is 4.22 Å². The van der Waals surface area contributed by atoms with Crippen LogP contribution in [-0.4, -0.2) is 4.22 Å². The Morgan fingerprint density at radius 3 is 2.86 bits per heavy atom. The molecule has 0 bridgehead atoms. The van der Waals surface area contributed by atoms with Crippen LogP contribution >= 0.6 is 22.6 Å². The second-order valence-electron chi connectivity index (χ2n) is 0.729. The van der Waals surface area contributed by atoms with E-state index in [4.69, 9.17) is 5.84 Å². The van der Waals surface area contributed by atoms with Gasteiger partial charge in [-0.15, -0.1) is 0 Å². The number of hydrazine groups is 1. The minimum Gasteiger partial charge on any atom is -0.330 e. The second-order valence-corrected chi connectivity index (χ2v) is 1.29. The number of halogens is 1. The average Bonchev–Trinajstić information content (AvgIpc) is 1.69. The minimum absolute atomic E-state index is 1.54. The van der Waals surface area contributed by atoms with Gasteiger partial charge in [-0.3, -0.25) is 10.8 Å². The molecule has 0 aliphatic carbocycles. The Bertz CT molecular complexity index is 78.2. The SMILES string of the molecule is NN/C=C\N=CI. The summed E-state index contributed by atoms with van der Waals surface area (Å²) in [5, 5.41) is 0. The summed E-state index contributed by atoms with van der Waals surface area (Å²) >= 11 is 2.02. The molecular weight excluding hydrogens is 205 g/mol. The van der Waals surface area contributed by atoms with Crippen molar-refractivity contribution in [3.63, 3.8) is 0 Å². The molecule has 4 heteroatoms. The van der Waals surface area contributed by atoms with E-state index in [-0.39, 0.29) is 0 Å². The number of rotatable bonds is 2. The maximum Gasteiger partial charge on any atom is 0.0651 e. The number of nitrogens with zero attached hydrogens (tertiary/aromatic N) is 1. The molecular formula is C3H6IN3. The van der Waals surface area contributed by atoms with Gasteiger partial charge in [0, 0.05) is 12.4 Å². The van der Waals surface area contributed by atoms with E-state index in [9.17, 15) is 0 Å². The zero-order valence-electron chi connectivity index (χ0n) is 3.63. The van der Waals surface area contributed by atoms with Gasteiger partial charge in [0.15, 0.2) is 0 Å². The molecule has 0 aromatic rings. The van der Waals surface area contributed by atoms with Crippen LogP contribution in [0.15, 0.2) is 17.4 Å². The number of nitrogens with one attached hydrogen (secondary N) is 1. The summed E-state index contributed by atoms with van der Waals surface area (Å²) in [4.78, 5) is 3.70. The summed E-state index contributed by atoms with van der Waals surface area (Å²) < 4.78 is 1.64. The number of aliphatic imine (C=N–C) groups is 1. The smallest absolute Gasteiger partial charge is 0.0651 e. The second kappa shape index (κ2) is 5.90. The predicted molar refractivity (Wildman–Crippen MR) is 39.0 cm³/mol. The van der Waals surface area contributed by atoms with Crippen molar-refractivity contribution < 1.29 is 0 Å². The van der Waals surface area contributed by atoms with Gasteiger partial charge in [-0.25, -0.2) is 0 Å². The fourth-order valence-corrected chi connectivity index (χ4v) is 0.304. The molecule has 0 unspecified atom stereocenters. The molecule has 0 fully saturated rings. The molecule has 3 N–H and O–H groups in total. The van der Waals surface area contributed by atoms with Crippen LogP contribution in [0, 0.1) is 0 Å². The molecule has 0 heterocycles. The van der Waals surface area contributed by atoms with Gasteiger partial charge < -0.3 is 5.43 Å². The van der Waals surface area contributed by atoms with Crippen molar-refractivity contribution in [3.05, 3.63) is 12.4 Å². The molecule has 40 valence electrons. The standard InChI is InChI=1S/C3H6IN3/c4-3-6-1-2-7-5/h1-3,7H,5H2/b2-1-,6-3?. The highest BCUT2D eigenvalue weighted by atomic mass is 127. The van der Waals surface area contributed by atoms with Crippen LogP contribution in [0.2, 0.25) is 0 Å². The molecule has 0 aliphatic heterocycles. The summed E-state index contributed by atoms with van der Waals surface area (Å²) in [5.41, 5.74) is 2.30. The average molecular weight is 211 g/mol. The molecule has 0 atom stereocenters. The highest BCUT2D eigenvalue weighted by Gasteiger charge is 1.55. The van der Waals surface area contributed by atoms with Gasteiger partial charge >= 0.3 is 0 Å². The van der Waals surface area contributed by atoms with E-state index in [0.717, 1.165) is 0 Å². The lowest BCUT2D eigenvalue weighted by Gasteiger charge is -1.77. The maximum absolute atomic E-state index is 4.86. The molecule has 0 aromatic heterocycles. The first-order chi connectivity index (χ1) is 3.41. The topological polar surface area (TPSA) is 50.4 Å². The lowest BCUT2D eigenvalue weighted by Crippen LogP contribution is -2.12. The number of nitrogens with two attached hydrogens (primary N) is 1. The highest BCUT2D eigenvalue weighted by Crippen LogP contribution is 1.72. The van der Waals surface area contributed by atoms with Crippen molar-refractivity contribution >= 4 is 26.8 Å². The molecule has 0 aromatic carbocycles. The largest absolute Gasteiger partial charge is 0.330 e. The summed E-state index contributed by atoms with van der Waals surface area (Å²) in [7, 11) is 0. The molecule has 0 amide bonds. The van der Waals surface area contributed by atoms with E-state index >= 15 is 0 Å². The Balaban J connectivity index is 3.09. The van der Waals surface area contributed by atoms with Crippen molar-refractivity contribution in [2.75, 3.05) is 0 Å². The first-order valence-electron chi connectivity index (χ1n) is 1.65. The zero-order chi connectivity index (χ0) is 5.54. The molecule has 0 spiro atoms. The van der Waals surface area contributed by atoms with Crippen molar-refractivity contribution in [2.24, 2.45) is 10.8 Å².